The number of carbonyl (C=O) groups is 1. The van der Waals surface area contributed by atoms with Crippen LogP contribution in [-0.4, -0.2) is 33.3 Å². The van der Waals surface area contributed by atoms with Gasteiger partial charge in [-0.15, -0.1) is 0 Å². The van der Waals surface area contributed by atoms with Gasteiger partial charge >= 0.3 is 6.03 Å². The molecule has 0 heterocycles. The van der Waals surface area contributed by atoms with Crippen molar-refractivity contribution in [3.63, 3.8) is 0 Å². The molecule has 5 nitrogen and oxygen atoms in total. The summed E-state index contributed by atoms with van der Waals surface area (Å²) in [5.74, 6) is 1.41. The van der Waals surface area contributed by atoms with Crippen molar-refractivity contribution >= 4 is 6.03 Å². The van der Waals surface area contributed by atoms with E-state index in [1.54, 1.807) is 14.2 Å². The molecule has 0 saturated carbocycles. The average Bonchev–Trinajstić information content (AvgIpc) is 2.38. The number of hydrogen-bond acceptors (Lipinski definition) is 3. The maximum absolute atomic E-state index is 11.2. The number of rotatable bonds is 6. The lowest BCUT2D eigenvalue weighted by Gasteiger charge is -2.10. The highest BCUT2D eigenvalue weighted by atomic mass is 16.5. The summed E-state index contributed by atoms with van der Waals surface area (Å²) in [5, 5.41) is 5.45. The molecule has 0 unspecified atom stereocenters. The maximum atomic E-state index is 11.2. The van der Waals surface area contributed by atoms with Crippen molar-refractivity contribution < 1.29 is 14.3 Å². The molecule has 0 atom stereocenters. The Morgan fingerprint density at radius 2 is 1.89 bits per heavy atom. The molecule has 2 amide bonds. The van der Waals surface area contributed by atoms with Crippen LogP contribution in [0.1, 0.15) is 12.5 Å². The van der Waals surface area contributed by atoms with Gasteiger partial charge in [-0.25, -0.2) is 4.79 Å². The number of nitrogens with one attached hydrogen (secondary N) is 2. The van der Waals surface area contributed by atoms with E-state index in [2.05, 4.69) is 10.6 Å². The molecular formula is C13H20N2O3. The number of hydrogen-bond donors (Lipinski definition) is 2. The molecular weight excluding hydrogens is 232 g/mol. The number of amides is 2. The maximum Gasteiger partial charge on any atom is 0.314 e. The molecule has 0 spiro atoms. The van der Waals surface area contributed by atoms with Gasteiger partial charge in [-0.05, 0) is 31.0 Å². The normalized spacial score (nSPS) is 9.72. The molecule has 1 aromatic rings. The molecule has 0 bridgehead atoms. The second-order valence-corrected chi connectivity index (χ2v) is 3.73. The van der Waals surface area contributed by atoms with Crippen LogP contribution in [-0.2, 0) is 6.42 Å². The third-order valence-corrected chi connectivity index (χ3v) is 2.48. The molecule has 0 radical (unpaired) electrons. The number of urea groups is 1. The molecule has 0 aromatic heterocycles. The monoisotopic (exact) mass is 252 g/mol. The average molecular weight is 252 g/mol. The molecule has 0 saturated heterocycles. The molecule has 18 heavy (non-hydrogen) atoms. The van der Waals surface area contributed by atoms with E-state index >= 15 is 0 Å². The Morgan fingerprint density at radius 1 is 1.17 bits per heavy atom. The largest absolute Gasteiger partial charge is 0.493 e. The second-order valence-electron chi connectivity index (χ2n) is 3.73. The van der Waals surface area contributed by atoms with Crippen LogP contribution < -0.4 is 20.1 Å². The van der Waals surface area contributed by atoms with Gasteiger partial charge in [0.05, 0.1) is 14.2 Å². The number of ether oxygens (including phenoxy) is 2. The minimum atomic E-state index is -0.141. The number of benzene rings is 1. The van der Waals surface area contributed by atoms with Crippen molar-refractivity contribution in [2.75, 3.05) is 27.3 Å². The summed E-state index contributed by atoms with van der Waals surface area (Å²) in [6, 6.07) is 5.59. The van der Waals surface area contributed by atoms with Gasteiger partial charge in [0.25, 0.3) is 0 Å². The van der Waals surface area contributed by atoms with Gasteiger partial charge in [-0.2, -0.15) is 0 Å². The molecule has 2 N–H and O–H groups in total. The van der Waals surface area contributed by atoms with Crippen molar-refractivity contribution in [3.8, 4) is 11.5 Å². The highest BCUT2D eigenvalue weighted by Gasteiger charge is 2.04. The van der Waals surface area contributed by atoms with Crippen molar-refractivity contribution in [2.24, 2.45) is 0 Å². The van der Waals surface area contributed by atoms with Crippen LogP contribution in [0.3, 0.4) is 0 Å². The fraction of sp³-hybridized carbons (Fsp3) is 0.462. The molecule has 1 aromatic carbocycles. The first-order valence-corrected chi connectivity index (χ1v) is 5.93. The third kappa shape index (κ3) is 4.16. The van der Waals surface area contributed by atoms with E-state index in [1.807, 2.05) is 25.1 Å². The fourth-order valence-electron chi connectivity index (χ4n) is 1.58. The summed E-state index contributed by atoms with van der Waals surface area (Å²) in [6.45, 7) is 3.09. The fourth-order valence-corrected chi connectivity index (χ4v) is 1.58. The SMILES string of the molecule is CCNC(=O)NCCc1ccc(OC)c(OC)c1. The summed E-state index contributed by atoms with van der Waals surface area (Å²) < 4.78 is 10.4. The minimum absolute atomic E-state index is 0.141. The lowest BCUT2D eigenvalue weighted by atomic mass is 10.1. The van der Waals surface area contributed by atoms with E-state index in [1.165, 1.54) is 0 Å². The van der Waals surface area contributed by atoms with Gasteiger partial charge < -0.3 is 20.1 Å². The highest BCUT2D eigenvalue weighted by Crippen LogP contribution is 2.27. The van der Waals surface area contributed by atoms with Crippen molar-refractivity contribution in [3.05, 3.63) is 23.8 Å². The Bertz CT molecular complexity index is 394. The van der Waals surface area contributed by atoms with Crippen molar-refractivity contribution in [1.29, 1.82) is 0 Å². The zero-order valence-corrected chi connectivity index (χ0v) is 11.1. The van der Waals surface area contributed by atoms with Gasteiger partial charge in [0.2, 0.25) is 0 Å². The van der Waals surface area contributed by atoms with E-state index in [0.717, 1.165) is 12.0 Å². The second kappa shape index (κ2) is 7.42. The lowest BCUT2D eigenvalue weighted by Crippen LogP contribution is -2.36. The van der Waals surface area contributed by atoms with E-state index in [0.29, 0.717) is 24.6 Å². The molecule has 1 rings (SSSR count). The summed E-state index contributed by atoms with van der Waals surface area (Å²) in [4.78, 5) is 11.2. The van der Waals surface area contributed by atoms with Crippen LogP contribution in [0.4, 0.5) is 4.79 Å². The Labute approximate surface area is 107 Å². The lowest BCUT2D eigenvalue weighted by molar-refractivity contribution is 0.241. The summed E-state index contributed by atoms with van der Waals surface area (Å²) in [5.41, 5.74) is 1.09. The molecule has 5 heteroatoms. The Kier molecular flexibility index (Phi) is 5.84. The van der Waals surface area contributed by atoms with Crippen LogP contribution in [0.5, 0.6) is 11.5 Å². The standard InChI is InChI=1S/C13H20N2O3/c1-4-14-13(16)15-8-7-10-5-6-11(17-2)12(9-10)18-3/h5-6,9H,4,7-8H2,1-3H3,(H2,14,15,16). The van der Waals surface area contributed by atoms with E-state index in [4.69, 9.17) is 9.47 Å². The van der Waals surface area contributed by atoms with Crippen molar-refractivity contribution in [2.45, 2.75) is 13.3 Å². The van der Waals surface area contributed by atoms with Gasteiger partial charge in [0, 0.05) is 13.1 Å². The summed E-state index contributed by atoms with van der Waals surface area (Å²) in [7, 11) is 3.21. The van der Waals surface area contributed by atoms with Gasteiger partial charge in [0.15, 0.2) is 11.5 Å². The summed E-state index contributed by atoms with van der Waals surface area (Å²) >= 11 is 0. The molecule has 0 fully saturated rings. The quantitative estimate of drug-likeness (QED) is 0.808. The predicted molar refractivity (Wildman–Crippen MR) is 70.3 cm³/mol. The number of methoxy groups -OCH3 is 2. The Morgan fingerprint density at radius 3 is 2.50 bits per heavy atom. The smallest absolute Gasteiger partial charge is 0.314 e. The zero-order chi connectivity index (χ0) is 13.4. The zero-order valence-electron chi connectivity index (χ0n) is 11.1. The van der Waals surface area contributed by atoms with Crippen LogP contribution in [0.2, 0.25) is 0 Å². The predicted octanol–water partition coefficient (Wildman–Crippen LogP) is 1.57. The van der Waals surface area contributed by atoms with Crippen LogP contribution in [0.15, 0.2) is 18.2 Å². The highest BCUT2D eigenvalue weighted by molar-refractivity contribution is 5.73. The minimum Gasteiger partial charge on any atom is -0.493 e. The first kappa shape index (κ1) is 14.2. The first-order chi connectivity index (χ1) is 8.71. The van der Waals surface area contributed by atoms with E-state index in [-0.39, 0.29) is 6.03 Å². The van der Waals surface area contributed by atoms with Crippen LogP contribution >= 0.6 is 0 Å². The van der Waals surface area contributed by atoms with Crippen LogP contribution in [0.25, 0.3) is 0 Å². The molecule has 0 aliphatic heterocycles. The topological polar surface area (TPSA) is 59.6 Å². The van der Waals surface area contributed by atoms with Gasteiger partial charge in [-0.3, -0.25) is 0 Å². The Balaban J connectivity index is 2.50. The molecule has 0 aliphatic rings. The van der Waals surface area contributed by atoms with Gasteiger partial charge in [0.1, 0.15) is 0 Å². The van der Waals surface area contributed by atoms with E-state index < -0.39 is 0 Å². The van der Waals surface area contributed by atoms with Crippen molar-refractivity contribution in [1.82, 2.24) is 10.6 Å². The van der Waals surface area contributed by atoms with Gasteiger partial charge in [-0.1, -0.05) is 6.07 Å². The third-order valence-electron chi connectivity index (χ3n) is 2.48. The first-order valence-electron chi connectivity index (χ1n) is 5.93. The summed E-state index contributed by atoms with van der Waals surface area (Å²) in [6.07, 6.45) is 0.748. The number of carbonyl (C=O) groups excluding carboxylic acids is 1. The molecule has 0 aliphatic carbocycles. The Hall–Kier alpha value is -1.91. The molecule has 100 valence electrons. The van der Waals surface area contributed by atoms with E-state index in [9.17, 15) is 4.79 Å². The van der Waals surface area contributed by atoms with Crippen LogP contribution in [0, 0.1) is 0 Å².